The van der Waals surface area contributed by atoms with Crippen LogP contribution in [0.1, 0.15) is 15.9 Å². The molecular formula is C10H11NO. The standard InChI is InChI=1S/C10H11NO/c1-2-10(12)9-5-3-8(7-11)4-6-9/h2-6H,1,7,11H2. The number of hydrogen-bond acceptors (Lipinski definition) is 2. The minimum Gasteiger partial charge on any atom is -0.326 e. The zero-order chi connectivity index (χ0) is 8.97. The van der Waals surface area contributed by atoms with Gasteiger partial charge < -0.3 is 5.73 Å². The molecule has 0 saturated carbocycles. The molecule has 0 aliphatic carbocycles. The molecule has 0 radical (unpaired) electrons. The van der Waals surface area contributed by atoms with E-state index >= 15 is 0 Å². The number of benzene rings is 1. The molecule has 2 nitrogen and oxygen atoms in total. The zero-order valence-corrected chi connectivity index (χ0v) is 6.79. The van der Waals surface area contributed by atoms with Crippen LogP contribution in [0.2, 0.25) is 0 Å². The van der Waals surface area contributed by atoms with Crippen molar-refractivity contribution in [1.82, 2.24) is 0 Å². The maximum atomic E-state index is 11.1. The van der Waals surface area contributed by atoms with Crippen LogP contribution in [0.4, 0.5) is 0 Å². The molecule has 1 rings (SSSR count). The van der Waals surface area contributed by atoms with Gasteiger partial charge in [0.05, 0.1) is 0 Å². The van der Waals surface area contributed by atoms with Crippen LogP contribution in [0.25, 0.3) is 0 Å². The number of carbonyl (C=O) groups is 1. The maximum absolute atomic E-state index is 11.1. The average Bonchev–Trinajstić information content (AvgIpc) is 2.17. The average molecular weight is 161 g/mol. The first kappa shape index (κ1) is 8.68. The van der Waals surface area contributed by atoms with E-state index in [4.69, 9.17) is 5.73 Å². The molecule has 0 unspecified atom stereocenters. The Morgan fingerprint density at radius 3 is 2.42 bits per heavy atom. The van der Waals surface area contributed by atoms with Crippen molar-refractivity contribution in [3.63, 3.8) is 0 Å². The van der Waals surface area contributed by atoms with Crippen LogP contribution in [0.5, 0.6) is 0 Å². The number of carbonyl (C=O) groups excluding carboxylic acids is 1. The van der Waals surface area contributed by atoms with E-state index in [-0.39, 0.29) is 5.78 Å². The number of allylic oxidation sites excluding steroid dienone is 1. The Bertz CT molecular complexity index is 287. The second kappa shape index (κ2) is 3.83. The smallest absolute Gasteiger partial charge is 0.185 e. The maximum Gasteiger partial charge on any atom is 0.185 e. The summed E-state index contributed by atoms with van der Waals surface area (Å²) in [6.07, 6.45) is 1.30. The van der Waals surface area contributed by atoms with E-state index in [9.17, 15) is 4.79 Å². The molecule has 0 saturated heterocycles. The normalized spacial score (nSPS) is 9.42. The SMILES string of the molecule is C=CC(=O)c1ccc(CN)cc1. The molecule has 0 aromatic heterocycles. The minimum absolute atomic E-state index is 0.0569. The summed E-state index contributed by atoms with van der Waals surface area (Å²) in [7, 11) is 0. The van der Waals surface area contributed by atoms with Gasteiger partial charge in [-0.2, -0.15) is 0 Å². The Hall–Kier alpha value is -1.41. The second-order valence-electron chi connectivity index (χ2n) is 2.47. The molecule has 0 bridgehead atoms. The fraction of sp³-hybridized carbons (Fsp3) is 0.100. The molecule has 0 amide bonds. The molecule has 0 aliphatic rings. The van der Waals surface area contributed by atoms with Crippen LogP contribution in [0, 0.1) is 0 Å². The van der Waals surface area contributed by atoms with Crippen molar-refractivity contribution in [2.75, 3.05) is 0 Å². The summed E-state index contributed by atoms with van der Waals surface area (Å²) in [6, 6.07) is 7.20. The Labute approximate surface area is 71.7 Å². The first-order valence-corrected chi connectivity index (χ1v) is 3.73. The van der Waals surface area contributed by atoms with Crippen molar-refractivity contribution in [3.8, 4) is 0 Å². The number of nitrogens with two attached hydrogens (primary N) is 1. The van der Waals surface area contributed by atoms with Gasteiger partial charge in [-0.15, -0.1) is 0 Å². The molecule has 1 aromatic rings. The van der Waals surface area contributed by atoms with Gasteiger partial charge in [0.15, 0.2) is 5.78 Å². The molecule has 0 heterocycles. The zero-order valence-electron chi connectivity index (χ0n) is 6.79. The van der Waals surface area contributed by atoms with Gasteiger partial charge in [-0.3, -0.25) is 4.79 Å². The Morgan fingerprint density at radius 2 is 2.00 bits per heavy atom. The Kier molecular flexibility index (Phi) is 2.77. The van der Waals surface area contributed by atoms with Gasteiger partial charge in [0, 0.05) is 12.1 Å². The highest BCUT2D eigenvalue weighted by atomic mass is 16.1. The minimum atomic E-state index is -0.0569. The lowest BCUT2D eigenvalue weighted by Crippen LogP contribution is -1.98. The van der Waals surface area contributed by atoms with Gasteiger partial charge in [0.25, 0.3) is 0 Å². The Balaban J connectivity index is 2.91. The number of hydrogen-bond donors (Lipinski definition) is 1. The summed E-state index contributed by atoms with van der Waals surface area (Å²) in [5.74, 6) is -0.0569. The summed E-state index contributed by atoms with van der Waals surface area (Å²) in [4.78, 5) is 11.1. The third kappa shape index (κ3) is 1.80. The van der Waals surface area contributed by atoms with Gasteiger partial charge in [-0.25, -0.2) is 0 Å². The van der Waals surface area contributed by atoms with Crippen LogP contribution in [-0.2, 0) is 6.54 Å². The Morgan fingerprint density at radius 1 is 1.42 bits per heavy atom. The van der Waals surface area contributed by atoms with Crippen molar-refractivity contribution in [2.45, 2.75) is 6.54 Å². The van der Waals surface area contributed by atoms with Crippen LogP contribution in [-0.4, -0.2) is 5.78 Å². The van der Waals surface area contributed by atoms with Crippen LogP contribution >= 0.6 is 0 Å². The van der Waals surface area contributed by atoms with Crippen LogP contribution in [0.3, 0.4) is 0 Å². The molecule has 1 aromatic carbocycles. The van der Waals surface area contributed by atoms with Crippen molar-refractivity contribution in [2.24, 2.45) is 5.73 Å². The van der Waals surface area contributed by atoms with E-state index in [1.165, 1.54) is 6.08 Å². The second-order valence-corrected chi connectivity index (χ2v) is 2.47. The highest BCUT2D eigenvalue weighted by Gasteiger charge is 1.98. The predicted molar refractivity (Wildman–Crippen MR) is 48.9 cm³/mol. The van der Waals surface area contributed by atoms with Crippen molar-refractivity contribution in [3.05, 3.63) is 48.0 Å². The van der Waals surface area contributed by atoms with Gasteiger partial charge in [-0.05, 0) is 11.6 Å². The largest absolute Gasteiger partial charge is 0.326 e. The van der Waals surface area contributed by atoms with Gasteiger partial charge in [-0.1, -0.05) is 30.8 Å². The molecule has 0 spiro atoms. The highest BCUT2D eigenvalue weighted by Crippen LogP contribution is 2.04. The molecular weight excluding hydrogens is 150 g/mol. The van der Waals surface area contributed by atoms with E-state index in [0.29, 0.717) is 12.1 Å². The summed E-state index contributed by atoms with van der Waals surface area (Å²) in [5, 5.41) is 0. The van der Waals surface area contributed by atoms with Gasteiger partial charge in [0.1, 0.15) is 0 Å². The van der Waals surface area contributed by atoms with Crippen LogP contribution in [0.15, 0.2) is 36.9 Å². The van der Waals surface area contributed by atoms with E-state index < -0.39 is 0 Å². The fourth-order valence-corrected chi connectivity index (χ4v) is 0.923. The monoisotopic (exact) mass is 161 g/mol. The number of rotatable bonds is 3. The summed E-state index contributed by atoms with van der Waals surface area (Å²) in [6.45, 7) is 3.91. The predicted octanol–water partition coefficient (Wildman–Crippen LogP) is 1.51. The van der Waals surface area contributed by atoms with Gasteiger partial charge >= 0.3 is 0 Å². The summed E-state index contributed by atoms with van der Waals surface area (Å²) >= 11 is 0. The topological polar surface area (TPSA) is 43.1 Å². The van der Waals surface area contributed by atoms with E-state index in [0.717, 1.165) is 5.56 Å². The quantitative estimate of drug-likeness (QED) is 0.539. The van der Waals surface area contributed by atoms with E-state index in [1.54, 1.807) is 12.1 Å². The fourth-order valence-electron chi connectivity index (χ4n) is 0.923. The van der Waals surface area contributed by atoms with E-state index in [2.05, 4.69) is 6.58 Å². The molecule has 62 valence electrons. The first-order chi connectivity index (χ1) is 5.77. The van der Waals surface area contributed by atoms with Crippen LogP contribution < -0.4 is 5.73 Å². The lowest BCUT2D eigenvalue weighted by atomic mass is 10.1. The summed E-state index contributed by atoms with van der Waals surface area (Å²) < 4.78 is 0. The van der Waals surface area contributed by atoms with Crippen molar-refractivity contribution < 1.29 is 4.79 Å². The molecule has 0 fully saturated rings. The molecule has 2 N–H and O–H groups in total. The van der Waals surface area contributed by atoms with Gasteiger partial charge in [0.2, 0.25) is 0 Å². The lowest BCUT2D eigenvalue weighted by Gasteiger charge is -1.97. The molecule has 0 aliphatic heterocycles. The van der Waals surface area contributed by atoms with Crippen molar-refractivity contribution >= 4 is 5.78 Å². The molecule has 12 heavy (non-hydrogen) atoms. The highest BCUT2D eigenvalue weighted by molar-refractivity contribution is 6.04. The van der Waals surface area contributed by atoms with Crippen molar-refractivity contribution in [1.29, 1.82) is 0 Å². The molecule has 2 heteroatoms. The lowest BCUT2D eigenvalue weighted by molar-refractivity contribution is 0.104. The third-order valence-corrected chi connectivity index (χ3v) is 1.66. The van der Waals surface area contributed by atoms with E-state index in [1.807, 2.05) is 12.1 Å². The third-order valence-electron chi connectivity index (χ3n) is 1.66. The number of ketones is 1. The molecule has 0 atom stereocenters. The summed E-state index contributed by atoms with van der Waals surface area (Å²) in [5.41, 5.74) is 7.08. The first-order valence-electron chi connectivity index (χ1n) is 3.73.